The van der Waals surface area contributed by atoms with Gasteiger partial charge in [0.2, 0.25) is 0 Å². The fourth-order valence-corrected chi connectivity index (χ4v) is 12.1. The number of hydrogen-bond acceptors (Lipinski definition) is 1. The Morgan fingerprint density at radius 2 is 0.766 bits per heavy atom. The predicted octanol–water partition coefficient (Wildman–Crippen LogP) is 16.4. The summed E-state index contributed by atoms with van der Waals surface area (Å²) in [5.41, 5.74) is 26.4. The van der Waals surface area contributed by atoms with Crippen molar-refractivity contribution in [2.24, 2.45) is 0 Å². The summed E-state index contributed by atoms with van der Waals surface area (Å²) in [6.45, 7) is 14.1. The predicted molar refractivity (Wildman–Crippen MR) is 268 cm³/mol. The Hall–Kier alpha value is -7.22. The molecule has 308 valence electrons. The molecule has 1 nitrogen and oxygen atoms in total. The third-order valence-corrected chi connectivity index (χ3v) is 15.2. The van der Waals surface area contributed by atoms with Crippen LogP contribution in [-0.2, 0) is 16.2 Å². The van der Waals surface area contributed by atoms with E-state index in [1.165, 1.54) is 106 Å². The minimum Gasteiger partial charge on any atom is -0.310 e. The molecule has 0 heterocycles. The van der Waals surface area contributed by atoms with Crippen LogP contribution in [0.2, 0.25) is 0 Å². The Morgan fingerprint density at radius 3 is 1.42 bits per heavy atom. The highest BCUT2D eigenvalue weighted by atomic mass is 15.1. The van der Waals surface area contributed by atoms with Gasteiger partial charge < -0.3 is 4.90 Å². The molecular weight excluding hydrogens is 771 g/mol. The summed E-state index contributed by atoms with van der Waals surface area (Å²) in [7, 11) is 0. The van der Waals surface area contributed by atoms with Crippen LogP contribution in [0, 0.1) is 13.8 Å². The highest BCUT2D eigenvalue weighted by molar-refractivity contribution is 5.93. The van der Waals surface area contributed by atoms with Crippen LogP contribution in [0.15, 0.2) is 200 Å². The van der Waals surface area contributed by atoms with Gasteiger partial charge in [-0.05, 0) is 156 Å². The first-order valence-corrected chi connectivity index (χ1v) is 22.8. The molecule has 3 aliphatic rings. The first-order valence-electron chi connectivity index (χ1n) is 22.8. The zero-order valence-electron chi connectivity index (χ0n) is 37.5. The van der Waals surface area contributed by atoms with E-state index in [4.69, 9.17) is 0 Å². The molecule has 9 aromatic rings. The van der Waals surface area contributed by atoms with Crippen LogP contribution in [0.5, 0.6) is 0 Å². The van der Waals surface area contributed by atoms with Crippen molar-refractivity contribution in [1.82, 2.24) is 0 Å². The minimum atomic E-state index is -0.490. The molecule has 0 fully saturated rings. The Labute approximate surface area is 378 Å². The molecule has 0 unspecified atom stereocenters. The maximum Gasteiger partial charge on any atom is 0.0720 e. The zero-order valence-corrected chi connectivity index (χ0v) is 37.5. The highest BCUT2D eigenvalue weighted by Crippen LogP contribution is 2.63. The summed E-state index contributed by atoms with van der Waals surface area (Å²) in [5, 5.41) is 0. The van der Waals surface area contributed by atoms with Crippen LogP contribution < -0.4 is 4.90 Å². The van der Waals surface area contributed by atoms with Gasteiger partial charge in [0.05, 0.1) is 5.41 Å². The van der Waals surface area contributed by atoms with E-state index in [0.717, 1.165) is 11.4 Å². The molecule has 1 heteroatoms. The lowest BCUT2D eigenvalue weighted by atomic mass is 9.55. The average Bonchev–Trinajstić information content (AvgIpc) is 3.75. The summed E-state index contributed by atoms with van der Waals surface area (Å²) in [4.78, 5) is 2.55. The molecule has 0 saturated heterocycles. The second-order valence-corrected chi connectivity index (χ2v) is 19.4. The van der Waals surface area contributed by atoms with E-state index in [-0.39, 0.29) is 10.8 Å². The lowest BCUT2D eigenvalue weighted by Crippen LogP contribution is -2.40. The summed E-state index contributed by atoms with van der Waals surface area (Å²) < 4.78 is 0. The monoisotopic (exact) mass is 821 g/mol. The van der Waals surface area contributed by atoms with E-state index in [9.17, 15) is 0 Å². The van der Waals surface area contributed by atoms with E-state index >= 15 is 0 Å². The van der Waals surface area contributed by atoms with Crippen molar-refractivity contribution >= 4 is 17.1 Å². The number of hydrogen-bond donors (Lipinski definition) is 0. The van der Waals surface area contributed by atoms with Crippen LogP contribution in [0.25, 0.3) is 44.5 Å². The van der Waals surface area contributed by atoms with E-state index in [1.807, 2.05) is 0 Å². The summed E-state index contributed by atoms with van der Waals surface area (Å²) in [6, 6.07) is 75.7. The molecule has 0 aromatic heterocycles. The fraction of sp³-hybridized carbons (Fsp3) is 0.143. The number of fused-ring (bicyclic) bond motifs is 12. The number of benzene rings is 9. The molecule has 64 heavy (non-hydrogen) atoms. The van der Waals surface area contributed by atoms with Crippen molar-refractivity contribution in [2.75, 3.05) is 4.90 Å². The lowest BCUT2D eigenvalue weighted by molar-refractivity contribution is 0.563. The quantitative estimate of drug-likeness (QED) is 0.167. The van der Waals surface area contributed by atoms with Crippen LogP contribution in [0.4, 0.5) is 17.1 Å². The number of anilines is 3. The van der Waals surface area contributed by atoms with Gasteiger partial charge in [0, 0.05) is 27.9 Å². The maximum absolute atomic E-state index is 2.55. The van der Waals surface area contributed by atoms with Gasteiger partial charge in [-0.15, -0.1) is 0 Å². The van der Waals surface area contributed by atoms with Crippen LogP contribution >= 0.6 is 0 Å². The largest absolute Gasteiger partial charge is 0.310 e. The second-order valence-electron chi connectivity index (χ2n) is 19.4. The van der Waals surface area contributed by atoms with Crippen LogP contribution in [-0.4, -0.2) is 0 Å². The third-order valence-electron chi connectivity index (χ3n) is 15.2. The normalized spacial score (nSPS) is 15.1. The Balaban J connectivity index is 1.10. The molecule has 0 saturated carbocycles. The van der Waals surface area contributed by atoms with Gasteiger partial charge in [0.15, 0.2) is 0 Å². The molecule has 0 N–H and O–H groups in total. The molecule has 0 amide bonds. The summed E-state index contributed by atoms with van der Waals surface area (Å²) in [5.74, 6) is 0. The Bertz CT molecular complexity index is 3310. The van der Waals surface area contributed by atoms with E-state index in [1.54, 1.807) is 0 Å². The van der Waals surface area contributed by atoms with Crippen molar-refractivity contribution in [1.29, 1.82) is 0 Å². The first kappa shape index (κ1) is 38.5. The van der Waals surface area contributed by atoms with Crippen molar-refractivity contribution in [3.8, 4) is 44.5 Å². The van der Waals surface area contributed by atoms with E-state index in [0.29, 0.717) is 0 Å². The topological polar surface area (TPSA) is 3.24 Å². The van der Waals surface area contributed by atoms with Crippen LogP contribution in [0.3, 0.4) is 0 Å². The number of aryl methyl sites for hydroxylation is 2. The van der Waals surface area contributed by atoms with Gasteiger partial charge in [-0.1, -0.05) is 185 Å². The molecular formula is C63H51N. The van der Waals surface area contributed by atoms with Crippen molar-refractivity contribution in [3.63, 3.8) is 0 Å². The highest BCUT2D eigenvalue weighted by Gasteiger charge is 2.53. The number of nitrogens with zero attached hydrogens (tertiary/aromatic N) is 1. The molecule has 3 aliphatic carbocycles. The van der Waals surface area contributed by atoms with Gasteiger partial charge in [0.1, 0.15) is 0 Å². The summed E-state index contributed by atoms with van der Waals surface area (Å²) in [6.07, 6.45) is 0. The molecule has 0 radical (unpaired) electrons. The van der Waals surface area contributed by atoms with E-state index < -0.39 is 5.41 Å². The fourth-order valence-electron chi connectivity index (χ4n) is 12.1. The smallest absolute Gasteiger partial charge is 0.0720 e. The lowest BCUT2D eigenvalue weighted by Gasteiger charge is -2.46. The van der Waals surface area contributed by atoms with Gasteiger partial charge >= 0.3 is 0 Å². The minimum absolute atomic E-state index is 0.141. The van der Waals surface area contributed by atoms with Crippen molar-refractivity contribution in [3.05, 3.63) is 256 Å². The van der Waals surface area contributed by atoms with Gasteiger partial charge in [-0.25, -0.2) is 0 Å². The van der Waals surface area contributed by atoms with Crippen molar-refractivity contribution < 1.29 is 0 Å². The molecule has 12 rings (SSSR count). The average molecular weight is 822 g/mol. The zero-order chi connectivity index (χ0) is 43.5. The molecule has 0 bridgehead atoms. The first-order chi connectivity index (χ1) is 31.1. The van der Waals surface area contributed by atoms with Gasteiger partial charge in [-0.3, -0.25) is 0 Å². The van der Waals surface area contributed by atoms with E-state index in [2.05, 4.69) is 247 Å². The standard InChI is InChI=1S/C63H51N/c1-40-36-60(41(2)35-51(40)44-22-18-21-43(37-44)42-19-8-7-9-20-42)64(45-31-33-49-47-23-10-12-25-52(47)61(3,4)58(49)38-45)46-32-34-50-48-24-11-13-26-53(48)63(59(50)39-46)56-29-16-14-27-54(56)62(5,6)55-28-15-17-30-57(55)63/h7-39H,1-6H3. The number of rotatable bonds is 5. The van der Waals surface area contributed by atoms with Gasteiger partial charge in [-0.2, -0.15) is 0 Å². The Morgan fingerprint density at radius 1 is 0.297 bits per heavy atom. The second kappa shape index (κ2) is 13.9. The molecule has 0 atom stereocenters. The molecule has 9 aromatic carbocycles. The molecule has 0 aliphatic heterocycles. The SMILES string of the molecule is Cc1cc(N(c2ccc3c(c2)C(C)(C)c2ccccc2-3)c2ccc3c(c2)C2(c4ccccc4-3)c3ccccc3C(C)(C)c3ccccc32)c(C)cc1-c1cccc(-c2ccccc2)c1. The van der Waals surface area contributed by atoms with Crippen molar-refractivity contribution in [2.45, 2.75) is 57.8 Å². The molecule has 1 spiro atoms. The van der Waals surface area contributed by atoms with Gasteiger partial charge in [0.25, 0.3) is 0 Å². The maximum atomic E-state index is 2.55. The summed E-state index contributed by atoms with van der Waals surface area (Å²) >= 11 is 0. The van der Waals surface area contributed by atoms with Crippen LogP contribution in [0.1, 0.15) is 83.3 Å². The third kappa shape index (κ3) is 5.31. The Kier molecular flexibility index (Phi) is 8.35.